The molecule has 5 nitrogen and oxygen atoms in total. The van der Waals surface area contributed by atoms with Crippen LogP contribution >= 0.6 is 23.4 Å². The fourth-order valence-electron chi connectivity index (χ4n) is 2.05. The molecule has 1 aromatic carbocycles. The minimum absolute atomic E-state index is 0.115. The van der Waals surface area contributed by atoms with Crippen LogP contribution in [0.2, 0.25) is 5.02 Å². The molecule has 0 saturated heterocycles. The standard InChI is InChI=1S/C13H11ClFN3O2S/c14-8-2-1-3-9(15)11(8)12-16-17-13(21-6-10(19)20)18(12)7-4-5-7/h1-3,7H,4-6H2,(H,19,20). The van der Waals surface area contributed by atoms with Crippen molar-refractivity contribution < 1.29 is 14.3 Å². The van der Waals surface area contributed by atoms with E-state index in [-0.39, 0.29) is 22.4 Å². The Morgan fingerprint density at radius 1 is 1.48 bits per heavy atom. The van der Waals surface area contributed by atoms with Crippen molar-refractivity contribution in [3.05, 3.63) is 29.0 Å². The quantitative estimate of drug-likeness (QED) is 0.854. The Balaban J connectivity index is 2.05. The molecule has 1 N–H and O–H groups in total. The molecular formula is C13H11ClFN3O2S. The van der Waals surface area contributed by atoms with Gasteiger partial charge in [-0.3, -0.25) is 9.36 Å². The first kappa shape index (κ1) is 14.3. The number of carboxylic acid groups (broad SMARTS) is 1. The maximum atomic E-state index is 14.1. The highest BCUT2D eigenvalue weighted by Gasteiger charge is 2.31. The minimum Gasteiger partial charge on any atom is -0.481 e. The van der Waals surface area contributed by atoms with E-state index in [0.29, 0.717) is 11.0 Å². The number of carbonyl (C=O) groups is 1. The number of rotatable bonds is 5. The Kier molecular flexibility index (Phi) is 3.86. The summed E-state index contributed by atoms with van der Waals surface area (Å²) in [7, 11) is 0. The van der Waals surface area contributed by atoms with Crippen molar-refractivity contribution in [2.45, 2.75) is 24.0 Å². The lowest BCUT2D eigenvalue weighted by Gasteiger charge is -2.10. The smallest absolute Gasteiger partial charge is 0.313 e. The van der Waals surface area contributed by atoms with Crippen LogP contribution in [-0.4, -0.2) is 31.6 Å². The number of aliphatic carboxylic acids is 1. The second-order valence-corrected chi connectivity index (χ2v) is 6.04. The van der Waals surface area contributed by atoms with Crippen LogP contribution in [0.4, 0.5) is 4.39 Å². The average Bonchev–Trinajstić information content (AvgIpc) is 3.18. The highest BCUT2D eigenvalue weighted by Crippen LogP contribution is 2.42. The molecule has 0 aliphatic heterocycles. The molecule has 21 heavy (non-hydrogen) atoms. The van der Waals surface area contributed by atoms with Gasteiger partial charge in [0.25, 0.3) is 0 Å². The molecule has 1 aliphatic carbocycles. The number of hydrogen-bond donors (Lipinski definition) is 1. The van der Waals surface area contributed by atoms with E-state index in [4.69, 9.17) is 16.7 Å². The van der Waals surface area contributed by atoms with Crippen molar-refractivity contribution in [3.63, 3.8) is 0 Å². The van der Waals surface area contributed by atoms with Crippen LogP contribution < -0.4 is 0 Å². The summed E-state index contributed by atoms with van der Waals surface area (Å²) >= 11 is 7.15. The fourth-order valence-corrected chi connectivity index (χ4v) is 3.02. The van der Waals surface area contributed by atoms with Crippen molar-refractivity contribution in [1.82, 2.24) is 14.8 Å². The van der Waals surface area contributed by atoms with E-state index < -0.39 is 11.8 Å². The normalized spacial score (nSPS) is 14.4. The lowest BCUT2D eigenvalue weighted by molar-refractivity contribution is -0.133. The van der Waals surface area contributed by atoms with Gasteiger partial charge < -0.3 is 5.11 Å². The van der Waals surface area contributed by atoms with Gasteiger partial charge in [0.2, 0.25) is 0 Å². The zero-order valence-corrected chi connectivity index (χ0v) is 12.4. The molecule has 1 aromatic heterocycles. The summed E-state index contributed by atoms with van der Waals surface area (Å²) < 4.78 is 15.8. The first-order valence-corrected chi connectivity index (χ1v) is 7.68. The number of thioether (sulfide) groups is 1. The molecule has 1 heterocycles. The number of halogens is 2. The largest absolute Gasteiger partial charge is 0.481 e. The van der Waals surface area contributed by atoms with Crippen LogP contribution in [-0.2, 0) is 4.79 Å². The van der Waals surface area contributed by atoms with Crippen molar-refractivity contribution >= 4 is 29.3 Å². The Labute approximate surface area is 129 Å². The number of nitrogens with zero attached hydrogens (tertiary/aromatic N) is 3. The van der Waals surface area contributed by atoms with Crippen molar-refractivity contribution in [2.24, 2.45) is 0 Å². The number of hydrogen-bond acceptors (Lipinski definition) is 4. The lowest BCUT2D eigenvalue weighted by Crippen LogP contribution is -2.04. The van der Waals surface area contributed by atoms with E-state index in [9.17, 15) is 9.18 Å². The van der Waals surface area contributed by atoms with Gasteiger partial charge in [-0.25, -0.2) is 4.39 Å². The van der Waals surface area contributed by atoms with Crippen molar-refractivity contribution in [3.8, 4) is 11.4 Å². The maximum absolute atomic E-state index is 14.1. The third kappa shape index (κ3) is 2.89. The van der Waals surface area contributed by atoms with Crippen LogP contribution in [0.15, 0.2) is 23.4 Å². The number of carboxylic acids is 1. The van der Waals surface area contributed by atoms with E-state index in [0.717, 1.165) is 24.6 Å². The third-order valence-electron chi connectivity index (χ3n) is 3.09. The average molecular weight is 328 g/mol. The molecule has 3 rings (SSSR count). The Hall–Kier alpha value is -1.60. The van der Waals surface area contributed by atoms with Gasteiger partial charge in [-0.2, -0.15) is 0 Å². The summed E-state index contributed by atoms with van der Waals surface area (Å²) in [5.74, 6) is -1.16. The number of benzene rings is 1. The van der Waals surface area contributed by atoms with Crippen LogP contribution in [0.1, 0.15) is 18.9 Å². The van der Waals surface area contributed by atoms with Gasteiger partial charge in [0.05, 0.1) is 16.3 Å². The minimum atomic E-state index is -0.934. The Bertz CT molecular complexity index is 682. The predicted molar refractivity (Wildman–Crippen MR) is 77.1 cm³/mol. The Morgan fingerprint density at radius 3 is 2.86 bits per heavy atom. The highest BCUT2D eigenvalue weighted by atomic mass is 35.5. The summed E-state index contributed by atoms with van der Waals surface area (Å²) in [4.78, 5) is 10.7. The molecule has 0 unspecified atom stereocenters. The molecule has 0 bridgehead atoms. The molecule has 0 amide bonds. The summed E-state index contributed by atoms with van der Waals surface area (Å²) in [6, 6.07) is 4.62. The van der Waals surface area contributed by atoms with Gasteiger partial charge in [0, 0.05) is 6.04 Å². The van der Waals surface area contributed by atoms with E-state index in [1.165, 1.54) is 12.1 Å². The molecule has 1 aliphatic rings. The molecule has 0 spiro atoms. The topological polar surface area (TPSA) is 68.0 Å². The third-order valence-corrected chi connectivity index (χ3v) is 4.33. The molecule has 1 saturated carbocycles. The maximum Gasteiger partial charge on any atom is 0.313 e. The lowest BCUT2D eigenvalue weighted by atomic mass is 10.2. The monoisotopic (exact) mass is 327 g/mol. The molecule has 1 fully saturated rings. The second-order valence-electron chi connectivity index (χ2n) is 4.69. The second kappa shape index (κ2) is 5.65. The summed E-state index contributed by atoms with van der Waals surface area (Å²) in [5, 5.41) is 17.5. The first-order valence-electron chi connectivity index (χ1n) is 6.32. The van der Waals surface area contributed by atoms with E-state index in [2.05, 4.69) is 10.2 Å². The molecular weight excluding hydrogens is 317 g/mol. The van der Waals surface area contributed by atoms with Gasteiger partial charge in [-0.1, -0.05) is 29.4 Å². The molecule has 110 valence electrons. The summed E-state index contributed by atoms with van der Waals surface area (Å²) in [6.45, 7) is 0. The Morgan fingerprint density at radius 2 is 2.24 bits per heavy atom. The highest BCUT2D eigenvalue weighted by molar-refractivity contribution is 7.99. The molecule has 2 aromatic rings. The fraction of sp³-hybridized carbons (Fsp3) is 0.308. The van der Waals surface area contributed by atoms with Gasteiger partial charge in [-0.05, 0) is 25.0 Å². The van der Waals surface area contributed by atoms with Crippen LogP contribution in [0.3, 0.4) is 0 Å². The predicted octanol–water partition coefficient (Wildman–Crippen LogP) is 3.25. The van der Waals surface area contributed by atoms with E-state index >= 15 is 0 Å². The van der Waals surface area contributed by atoms with E-state index in [1.54, 1.807) is 10.6 Å². The zero-order chi connectivity index (χ0) is 15.0. The zero-order valence-electron chi connectivity index (χ0n) is 10.8. The van der Waals surface area contributed by atoms with Crippen LogP contribution in [0, 0.1) is 5.82 Å². The van der Waals surface area contributed by atoms with Crippen molar-refractivity contribution in [2.75, 3.05) is 5.75 Å². The van der Waals surface area contributed by atoms with Crippen LogP contribution in [0.25, 0.3) is 11.4 Å². The molecule has 0 radical (unpaired) electrons. The summed E-state index contributed by atoms with van der Waals surface area (Å²) in [5.41, 5.74) is 0.209. The van der Waals surface area contributed by atoms with Gasteiger partial charge in [-0.15, -0.1) is 10.2 Å². The number of aromatic nitrogens is 3. The first-order chi connectivity index (χ1) is 10.1. The SMILES string of the molecule is O=C(O)CSc1nnc(-c2c(F)cccc2Cl)n1C1CC1. The van der Waals surface area contributed by atoms with E-state index in [1.807, 2.05) is 0 Å². The van der Waals surface area contributed by atoms with Crippen molar-refractivity contribution in [1.29, 1.82) is 0 Å². The van der Waals surface area contributed by atoms with Crippen LogP contribution in [0.5, 0.6) is 0 Å². The van der Waals surface area contributed by atoms with Gasteiger partial charge in [0.1, 0.15) is 5.82 Å². The molecule has 8 heteroatoms. The molecule has 0 atom stereocenters. The van der Waals surface area contributed by atoms with Gasteiger partial charge >= 0.3 is 5.97 Å². The summed E-state index contributed by atoms with van der Waals surface area (Å²) in [6.07, 6.45) is 1.88. The van der Waals surface area contributed by atoms with Gasteiger partial charge in [0.15, 0.2) is 11.0 Å².